The molecule has 2 aliphatic rings. The molecule has 134 valence electrons. The van der Waals surface area contributed by atoms with E-state index >= 15 is 0 Å². The van der Waals surface area contributed by atoms with E-state index in [-0.39, 0.29) is 6.61 Å². The molecule has 0 bridgehead atoms. The second-order valence-corrected chi connectivity index (χ2v) is 6.24. The Morgan fingerprint density at radius 2 is 2.08 bits per heavy atom. The maximum atomic E-state index is 12.2. The topological polar surface area (TPSA) is 33.7 Å². The van der Waals surface area contributed by atoms with E-state index in [0.29, 0.717) is 19.7 Å². The zero-order chi connectivity index (χ0) is 17.2. The van der Waals surface area contributed by atoms with Crippen molar-refractivity contribution in [2.75, 3.05) is 50.9 Å². The van der Waals surface area contributed by atoms with Gasteiger partial charge in [-0.3, -0.25) is 0 Å². The van der Waals surface area contributed by atoms with E-state index < -0.39 is 12.8 Å². The predicted molar refractivity (Wildman–Crippen MR) is 86.0 cm³/mol. The molecule has 1 aromatic rings. The van der Waals surface area contributed by atoms with Gasteiger partial charge in [-0.2, -0.15) is 13.2 Å². The van der Waals surface area contributed by atoms with E-state index in [0.717, 1.165) is 37.4 Å². The SMILES string of the molecule is Cc1c2c(cc3c1N(CCOCC(F)(F)F)CCO3)CCNCC2. The molecule has 2 aliphatic heterocycles. The Hall–Kier alpha value is -1.47. The molecule has 0 aliphatic carbocycles. The second-order valence-electron chi connectivity index (χ2n) is 6.24. The Balaban J connectivity index is 1.75. The Morgan fingerprint density at radius 1 is 1.29 bits per heavy atom. The van der Waals surface area contributed by atoms with E-state index in [2.05, 4.69) is 23.2 Å². The average Bonchev–Trinajstić information content (AvgIpc) is 2.76. The number of nitrogens with one attached hydrogen (secondary N) is 1. The van der Waals surface area contributed by atoms with Crippen molar-refractivity contribution in [2.24, 2.45) is 0 Å². The molecule has 4 nitrogen and oxygen atoms in total. The lowest BCUT2D eigenvalue weighted by molar-refractivity contribution is -0.173. The minimum absolute atomic E-state index is 0.0526. The van der Waals surface area contributed by atoms with Gasteiger partial charge in [0.15, 0.2) is 0 Å². The van der Waals surface area contributed by atoms with Crippen molar-refractivity contribution in [1.29, 1.82) is 0 Å². The van der Waals surface area contributed by atoms with Crippen LogP contribution in [0.1, 0.15) is 16.7 Å². The molecule has 0 spiro atoms. The van der Waals surface area contributed by atoms with Gasteiger partial charge >= 0.3 is 6.18 Å². The number of alkyl halides is 3. The summed E-state index contributed by atoms with van der Waals surface area (Å²) in [4.78, 5) is 2.09. The van der Waals surface area contributed by atoms with E-state index in [4.69, 9.17) is 9.47 Å². The van der Waals surface area contributed by atoms with Crippen molar-refractivity contribution in [3.05, 3.63) is 22.8 Å². The van der Waals surface area contributed by atoms with Gasteiger partial charge in [-0.1, -0.05) is 0 Å². The first-order chi connectivity index (χ1) is 11.5. The Morgan fingerprint density at radius 3 is 2.88 bits per heavy atom. The van der Waals surface area contributed by atoms with Crippen LogP contribution in [0.25, 0.3) is 0 Å². The van der Waals surface area contributed by atoms with Crippen LogP contribution in [-0.4, -0.2) is 52.2 Å². The van der Waals surface area contributed by atoms with Crippen LogP contribution in [0.15, 0.2) is 6.07 Å². The van der Waals surface area contributed by atoms with Crippen LogP contribution in [0.4, 0.5) is 18.9 Å². The summed E-state index contributed by atoms with van der Waals surface area (Å²) in [7, 11) is 0. The molecular formula is C17H23F3N2O2. The van der Waals surface area contributed by atoms with Crippen LogP contribution in [0, 0.1) is 6.92 Å². The third-order valence-electron chi connectivity index (χ3n) is 4.56. The summed E-state index contributed by atoms with van der Waals surface area (Å²) in [6, 6.07) is 2.10. The monoisotopic (exact) mass is 344 g/mol. The van der Waals surface area contributed by atoms with E-state index in [9.17, 15) is 13.2 Å². The summed E-state index contributed by atoms with van der Waals surface area (Å²) in [6.07, 6.45) is -2.34. The maximum Gasteiger partial charge on any atom is 0.411 e. The van der Waals surface area contributed by atoms with E-state index in [1.54, 1.807) is 0 Å². The maximum absolute atomic E-state index is 12.2. The van der Waals surface area contributed by atoms with Crippen molar-refractivity contribution in [3.8, 4) is 5.75 Å². The smallest absolute Gasteiger partial charge is 0.411 e. The van der Waals surface area contributed by atoms with Crippen molar-refractivity contribution >= 4 is 5.69 Å². The molecule has 2 heterocycles. The lowest BCUT2D eigenvalue weighted by atomic mass is 9.94. The molecule has 0 saturated carbocycles. The normalized spacial score (nSPS) is 17.8. The quantitative estimate of drug-likeness (QED) is 0.851. The molecule has 1 N–H and O–H groups in total. The molecule has 0 radical (unpaired) electrons. The highest BCUT2D eigenvalue weighted by Crippen LogP contribution is 2.39. The van der Waals surface area contributed by atoms with Gasteiger partial charge in [-0.05, 0) is 55.6 Å². The first-order valence-electron chi connectivity index (χ1n) is 8.34. The fourth-order valence-corrected chi connectivity index (χ4v) is 3.48. The summed E-state index contributed by atoms with van der Waals surface area (Å²) in [5.74, 6) is 0.843. The second kappa shape index (κ2) is 7.19. The van der Waals surface area contributed by atoms with Gasteiger partial charge < -0.3 is 19.7 Å². The highest BCUT2D eigenvalue weighted by Gasteiger charge is 2.28. The van der Waals surface area contributed by atoms with Gasteiger partial charge in [0, 0.05) is 6.54 Å². The lowest BCUT2D eigenvalue weighted by Crippen LogP contribution is -2.36. The van der Waals surface area contributed by atoms with E-state index in [1.807, 2.05) is 0 Å². The van der Waals surface area contributed by atoms with Crippen LogP contribution in [-0.2, 0) is 17.6 Å². The first-order valence-corrected chi connectivity index (χ1v) is 8.34. The summed E-state index contributed by atoms with van der Waals surface area (Å²) in [5.41, 5.74) is 4.84. The largest absolute Gasteiger partial charge is 0.490 e. The summed E-state index contributed by atoms with van der Waals surface area (Å²) in [5, 5.41) is 3.40. The molecular weight excluding hydrogens is 321 g/mol. The molecule has 0 amide bonds. The van der Waals surface area contributed by atoms with Crippen molar-refractivity contribution in [2.45, 2.75) is 25.9 Å². The summed E-state index contributed by atoms with van der Waals surface area (Å²) < 4.78 is 47.2. The van der Waals surface area contributed by atoms with Gasteiger partial charge in [0.25, 0.3) is 0 Å². The molecule has 7 heteroatoms. The molecule has 0 unspecified atom stereocenters. The zero-order valence-electron chi connectivity index (χ0n) is 13.8. The number of ether oxygens (including phenoxy) is 2. The first kappa shape index (κ1) is 17.4. The van der Waals surface area contributed by atoms with Crippen LogP contribution >= 0.6 is 0 Å². The molecule has 0 saturated heterocycles. The highest BCUT2D eigenvalue weighted by molar-refractivity contribution is 5.69. The minimum atomic E-state index is -4.27. The zero-order valence-corrected chi connectivity index (χ0v) is 13.8. The van der Waals surface area contributed by atoms with Gasteiger partial charge in [-0.15, -0.1) is 0 Å². The van der Waals surface area contributed by atoms with Crippen molar-refractivity contribution in [1.82, 2.24) is 5.32 Å². The number of halogens is 3. The summed E-state index contributed by atoms with van der Waals surface area (Å²) >= 11 is 0. The van der Waals surface area contributed by atoms with Gasteiger partial charge in [0.1, 0.15) is 19.0 Å². The molecule has 1 aromatic carbocycles. The van der Waals surface area contributed by atoms with Gasteiger partial charge in [0.2, 0.25) is 0 Å². The standard InChI is InChI=1S/C17H23F3N2O2/c1-12-14-3-5-21-4-2-13(14)10-15-16(12)22(7-9-24-15)6-8-23-11-17(18,19)20/h10,21H,2-9,11H2,1H3. The number of nitrogens with zero attached hydrogens (tertiary/aromatic N) is 1. The lowest BCUT2D eigenvalue weighted by Gasteiger charge is -2.34. The Bertz CT molecular complexity index is 590. The van der Waals surface area contributed by atoms with Crippen LogP contribution in [0.5, 0.6) is 5.75 Å². The molecule has 0 atom stereocenters. The van der Waals surface area contributed by atoms with Crippen molar-refractivity contribution < 1.29 is 22.6 Å². The number of benzene rings is 1. The summed E-state index contributed by atoms with van der Waals surface area (Å²) in [6.45, 7) is 4.49. The minimum Gasteiger partial charge on any atom is -0.490 e. The number of rotatable bonds is 4. The number of fused-ring (bicyclic) bond motifs is 2. The average molecular weight is 344 g/mol. The van der Waals surface area contributed by atoms with Crippen LogP contribution < -0.4 is 15.0 Å². The van der Waals surface area contributed by atoms with Gasteiger partial charge in [0.05, 0.1) is 18.8 Å². The number of anilines is 1. The third kappa shape index (κ3) is 3.95. The molecule has 3 rings (SSSR count). The third-order valence-corrected chi connectivity index (χ3v) is 4.56. The van der Waals surface area contributed by atoms with Crippen LogP contribution in [0.2, 0.25) is 0 Å². The van der Waals surface area contributed by atoms with Crippen LogP contribution in [0.3, 0.4) is 0 Å². The molecule has 0 fully saturated rings. The Kier molecular flexibility index (Phi) is 5.20. The van der Waals surface area contributed by atoms with Gasteiger partial charge in [-0.25, -0.2) is 0 Å². The fourth-order valence-electron chi connectivity index (χ4n) is 3.48. The molecule has 0 aromatic heterocycles. The molecule has 24 heavy (non-hydrogen) atoms. The number of hydrogen-bond donors (Lipinski definition) is 1. The predicted octanol–water partition coefficient (Wildman–Crippen LogP) is 2.46. The highest BCUT2D eigenvalue weighted by atomic mass is 19.4. The van der Waals surface area contributed by atoms with E-state index in [1.165, 1.54) is 16.7 Å². The van der Waals surface area contributed by atoms with Crippen molar-refractivity contribution in [3.63, 3.8) is 0 Å². The number of hydrogen-bond acceptors (Lipinski definition) is 4. The Labute approximate surface area is 139 Å². The fraction of sp³-hybridized carbons (Fsp3) is 0.647.